The molecule has 20 heavy (non-hydrogen) atoms. The second-order valence-electron chi connectivity index (χ2n) is 5.31. The predicted octanol–water partition coefficient (Wildman–Crippen LogP) is 1.22. The number of ether oxygens (including phenoxy) is 1. The number of nitrogens with one attached hydrogen (secondary N) is 1. The Morgan fingerprint density at radius 2 is 1.70 bits per heavy atom. The van der Waals surface area contributed by atoms with E-state index in [1.54, 1.807) is 34.6 Å². The maximum absolute atomic E-state index is 11.9. The molecule has 0 fully saturated rings. The maximum Gasteiger partial charge on any atom is 0.408 e. The van der Waals surface area contributed by atoms with Crippen LogP contribution in [0.25, 0.3) is 0 Å². The lowest BCUT2D eigenvalue weighted by atomic mass is 10.2. The van der Waals surface area contributed by atoms with E-state index in [2.05, 4.69) is 5.32 Å². The van der Waals surface area contributed by atoms with Crippen molar-refractivity contribution in [3.05, 3.63) is 0 Å². The first kappa shape index (κ1) is 18.2. The summed E-state index contributed by atoms with van der Waals surface area (Å²) in [5, 5.41) is 11.3. The van der Waals surface area contributed by atoms with Crippen molar-refractivity contribution < 1.29 is 24.2 Å². The molecule has 2 N–H and O–H groups in total. The molecular formula is C13H24N2O5. The van der Waals surface area contributed by atoms with Crippen molar-refractivity contribution in [3.8, 4) is 0 Å². The largest absolute Gasteiger partial charge is 0.480 e. The van der Waals surface area contributed by atoms with Crippen molar-refractivity contribution >= 4 is 18.0 Å². The zero-order chi connectivity index (χ0) is 15.9. The summed E-state index contributed by atoms with van der Waals surface area (Å²) in [7, 11) is 0. The Bertz CT molecular complexity index is 358. The average molecular weight is 288 g/mol. The van der Waals surface area contributed by atoms with E-state index in [4.69, 9.17) is 9.84 Å². The molecule has 0 aliphatic rings. The van der Waals surface area contributed by atoms with Gasteiger partial charge in [-0.3, -0.25) is 4.79 Å². The first-order chi connectivity index (χ1) is 9.10. The van der Waals surface area contributed by atoms with Crippen molar-refractivity contribution in [3.63, 3.8) is 0 Å². The molecule has 0 rings (SSSR count). The van der Waals surface area contributed by atoms with Gasteiger partial charge in [0.05, 0.1) is 6.42 Å². The highest BCUT2D eigenvalue weighted by atomic mass is 16.6. The Morgan fingerprint density at radius 1 is 1.20 bits per heavy atom. The number of rotatable bonds is 6. The van der Waals surface area contributed by atoms with Crippen LogP contribution in [0.4, 0.5) is 4.79 Å². The smallest absolute Gasteiger partial charge is 0.408 e. The molecule has 0 aromatic rings. The SMILES string of the molecule is CCN(CC)C(=O)C[C@H](NC(=O)OC(C)(C)C)C(=O)O. The van der Waals surface area contributed by atoms with Crippen molar-refractivity contribution in [2.75, 3.05) is 13.1 Å². The van der Waals surface area contributed by atoms with Crippen LogP contribution in [0.5, 0.6) is 0 Å². The molecule has 1 atom stereocenters. The van der Waals surface area contributed by atoms with Gasteiger partial charge in [0.2, 0.25) is 5.91 Å². The summed E-state index contributed by atoms with van der Waals surface area (Å²) in [5.74, 6) is -1.59. The van der Waals surface area contributed by atoms with Gasteiger partial charge in [-0.15, -0.1) is 0 Å². The quantitative estimate of drug-likeness (QED) is 0.766. The number of hydrogen-bond acceptors (Lipinski definition) is 4. The van der Waals surface area contributed by atoms with Gasteiger partial charge in [-0.05, 0) is 34.6 Å². The van der Waals surface area contributed by atoms with Gasteiger partial charge in [0.1, 0.15) is 11.6 Å². The minimum absolute atomic E-state index is 0.295. The second-order valence-corrected chi connectivity index (χ2v) is 5.31. The van der Waals surface area contributed by atoms with E-state index in [1.807, 2.05) is 0 Å². The van der Waals surface area contributed by atoms with Crippen molar-refractivity contribution in [1.29, 1.82) is 0 Å². The number of nitrogens with zero attached hydrogens (tertiary/aromatic N) is 1. The van der Waals surface area contributed by atoms with Crippen LogP contribution < -0.4 is 5.32 Å². The zero-order valence-electron chi connectivity index (χ0n) is 12.7. The summed E-state index contributed by atoms with van der Waals surface area (Å²) in [4.78, 5) is 36.0. The fourth-order valence-electron chi connectivity index (χ4n) is 1.53. The maximum atomic E-state index is 11.9. The van der Waals surface area contributed by atoms with Crippen molar-refractivity contribution in [1.82, 2.24) is 10.2 Å². The molecule has 0 bridgehead atoms. The van der Waals surface area contributed by atoms with E-state index < -0.39 is 23.7 Å². The number of hydrogen-bond donors (Lipinski definition) is 2. The standard InChI is InChI=1S/C13H24N2O5/c1-6-15(7-2)10(16)8-9(11(17)18)14-12(19)20-13(3,4)5/h9H,6-8H2,1-5H3,(H,14,19)(H,17,18)/t9-/m0/s1. The topological polar surface area (TPSA) is 95.9 Å². The summed E-state index contributed by atoms with van der Waals surface area (Å²) >= 11 is 0. The third kappa shape index (κ3) is 6.96. The van der Waals surface area contributed by atoms with Crippen LogP contribution in [-0.2, 0) is 14.3 Å². The third-order valence-corrected chi connectivity index (χ3v) is 2.48. The Labute approximate surface area is 119 Å². The van der Waals surface area contributed by atoms with Crippen LogP contribution in [0.2, 0.25) is 0 Å². The van der Waals surface area contributed by atoms with Crippen LogP contribution in [0.1, 0.15) is 41.0 Å². The highest BCUT2D eigenvalue weighted by Gasteiger charge is 2.27. The molecule has 0 saturated heterocycles. The molecule has 116 valence electrons. The molecule has 0 heterocycles. The minimum atomic E-state index is -1.29. The first-order valence-corrected chi connectivity index (χ1v) is 6.60. The highest BCUT2D eigenvalue weighted by Crippen LogP contribution is 2.08. The van der Waals surface area contributed by atoms with Crippen LogP contribution >= 0.6 is 0 Å². The summed E-state index contributed by atoms with van der Waals surface area (Å²) < 4.78 is 4.97. The first-order valence-electron chi connectivity index (χ1n) is 6.60. The number of alkyl carbamates (subject to hydrolysis) is 1. The molecular weight excluding hydrogens is 264 g/mol. The van der Waals surface area contributed by atoms with Crippen molar-refractivity contribution in [2.24, 2.45) is 0 Å². The predicted molar refractivity (Wildman–Crippen MR) is 73.3 cm³/mol. The summed E-state index contributed by atoms with van der Waals surface area (Å²) in [5.41, 5.74) is -0.726. The van der Waals surface area contributed by atoms with Crippen LogP contribution in [-0.4, -0.2) is 52.7 Å². The van der Waals surface area contributed by atoms with E-state index >= 15 is 0 Å². The molecule has 0 aromatic heterocycles. The van der Waals surface area contributed by atoms with E-state index in [0.717, 1.165) is 0 Å². The lowest BCUT2D eigenvalue weighted by molar-refractivity contribution is -0.143. The molecule has 0 saturated carbocycles. The molecule has 0 spiro atoms. The summed E-state index contributed by atoms with van der Waals surface area (Å²) in [6.07, 6.45) is -1.15. The van der Waals surface area contributed by atoms with Gasteiger partial charge in [-0.25, -0.2) is 9.59 Å². The number of carboxylic acids is 1. The van der Waals surface area contributed by atoms with Crippen LogP contribution in [0.3, 0.4) is 0 Å². The average Bonchev–Trinajstić information content (AvgIpc) is 2.26. The molecule has 7 nitrogen and oxygen atoms in total. The van der Waals surface area contributed by atoms with E-state index in [1.165, 1.54) is 4.90 Å². The number of aliphatic carboxylic acids is 1. The van der Waals surface area contributed by atoms with E-state index in [0.29, 0.717) is 13.1 Å². The lowest BCUT2D eigenvalue weighted by Gasteiger charge is -2.23. The number of carboxylic acid groups (broad SMARTS) is 1. The Balaban J connectivity index is 4.63. The number of amides is 2. The van der Waals surface area contributed by atoms with Gasteiger partial charge in [-0.2, -0.15) is 0 Å². The molecule has 0 radical (unpaired) electrons. The van der Waals surface area contributed by atoms with Gasteiger partial charge in [0, 0.05) is 13.1 Å². The normalized spacial score (nSPS) is 12.4. The lowest BCUT2D eigenvalue weighted by Crippen LogP contribution is -2.46. The molecule has 7 heteroatoms. The summed E-state index contributed by atoms with van der Waals surface area (Å²) in [6, 6.07) is -1.29. The Hall–Kier alpha value is -1.79. The molecule has 0 unspecified atom stereocenters. The molecule has 2 amide bonds. The number of carbonyl (C=O) groups is 3. The minimum Gasteiger partial charge on any atom is -0.480 e. The highest BCUT2D eigenvalue weighted by molar-refractivity contribution is 5.87. The van der Waals surface area contributed by atoms with Crippen LogP contribution in [0.15, 0.2) is 0 Å². The zero-order valence-corrected chi connectivity index (χ0v) is 12.7. The number of carbonyl (C=O) groups excluding carboxylic acids is 2. The summed E-state index contributed by atoms with van der Waals surface area (Å²) in [6.45, 7) is 9.61. The van der Waals surface area contributed by atoms with Crippen LogP contribution in [0, 0.1) is 0 Å². The van der Waals surface area contributed by atoms with E-state index in [-0.39, 0.29) is 12.3 Å². The third-order valence-electron chi connectivity index (χ3n) is 2.48. The molecule has 0 aliphatic heterocycles. The van der Waals surface area contributed by atoms with Gasteiger partial charge in [0.15, 0.2) is 0 Å². The fourth-order valence-corrected chi connectivity index (χ4v) is 1.53. The van der Waals surface area contributed by atoms with Crippen molar-refractivity contribution in [2.45, 2.75) is 52.7 Å². The monoisotopic (exact) mass is 288 g/mol. The Morgan fingerprint density at radius 3 is 2.05 bits per heavy atom. The van der Waals surface area contributed by atoms with E-state index in [9.17, 15) is 14.4 Å². The van der Waals surface area contributed by atoms with Gasteiger partial charge in [0.25, 0.3) is 0 Å². The second kappa shape index (κ2) is 7.72. The van der Waals surface area contributed by atoms with Gasteiger partial charge in [-0.1, -0.05) is 0 Å². The molecule has 0 aromatic carbocycles. The molecule has 0 aliphatic carbocycles. The fraction of sp³-hybridized carbons (Fsp3) is 0.769. The van der Waals surface area contributed by atoms with Gasteiger partial charge < -0.3 is 20.1 Å². The van der Waals surface area contributed by atoms with Gasteiger partial charge >= 0.3 is 12.1 Å². The Kier molecular flexibility index (Phi) is 7.02.